The monoisotopic (exact) mass is 439 g/mol. The molecule has 1 unspecified atom stereocenters. The van der Waals surface area contributed by atoms with E-state index in [4.69, 9.17) is 0 Å². The Morgan fingerprint density at radius 3 is 2.77 bits per heavy atom. The number of carbonyl (C=O) groups is 2. The quantitative estimate of drug-likeness (QED) is 0.572. The van der Waals surface area contributed by atoms with Crippen molar-refractivity contribution in [1.29, 1.82) is 0 Å². The van der Waals surface area contributed by atoms with E-state index in [0.29, 0.717) is 16.4 Å². The van der Waals surface area contributed by atoms with Gasteiger partial charge < -0.3 is 15.2 Å². The van der Waals surface area contributed by atoms with Crippen LogP contribution in [0.4, 0.5) is 5.69 Å². The second-order valence-electron chi connectivity index (χ2n) is 6.84. The highest BCUT2D eigenvalue weighted by molar-refractivity contribution is 7.99. The molecule has 0 saturated heterocycles. The van der Waals surface area contributed by atoms with Crippen molar-refractivity contribution in [3.05, 3.63) is 66.0 Å². The molecule has 154 valence electrons. The van der Waals surface area contributed by atoms with Gasteiger partial charge in [-0.05, 0) is 42.3 Å². The van der Waals surface area contributed by atoms with Gasteiger partial charge in [-0.15, -0.1) is 22.0 Å². The lowest BCUT2D eigenvalue weighted by Gasteiger charge is -2.25. The number of hydrogen-bond acceptors (Lipinski definition) is 6. The van der Waals surface area contributed by atoms with E-state index in [2.05, 4.69) is 33.0 Å². The fourth-order valence-electron chi connectivity index (χ4n) is 3.17. The lowest BCUT2D eigenvalue weighted by atomic mass is 10.0. The minimum atomic E-state index is -0.142. The maximum absolute atomic E-state index is 12.7. The first-order valence-corrected chi connectivity index (χ1v) is 11.5. The normalized spacial score (nSPS) is 15.3. The molecule has 1 aromatic heterocycles. The number of benzene rings is 2. The smallest absolute Gasteiger partial charge is 0.251 e. The Morgan fingerprint density at radius 2 is 2.00 bits per heavy atom. The van der Waals surface area contributed by atoms with Crippen LogP contribution in [0.2, 0.25) is 0 Å². The second-order valence-corrected chi connectivity index (χ2v) is 8.92. The summed E-state index contributed by atoms with van der Waals surface area (Å²) in [5.74, 6) is 0.960. The van der Waals surface area contributed by atoms with Crippen LogP contribution in [0.5, 0.6) is 0 Å². The average molecular weight is 440 g/mol. The number of anilines is 1. The van der Waals surface area contributed by atoms with Crippen LogP contribution in [0.3, 0.4) is 0 Å². The third-order valence-electron chi connectivity index (χ3n) is 4.70. The summed E-state index contributed by atoms with van der Waals surface area (Å²) in [5, 5.41) is 14.4. The topological polar surface area (TPSA) is 88.9 Å². The number of aryl methyl sites for hydroxylation is 1. The maximum atomic E-state index is 12.7. The van der Waals surface area contributed by atoms with E-state index in [1.165, 1.54) is 22.2 Å². The number of rotatable bonds is 6. The molecule has 1 aliphatic rings. The molecule has 2 amide bonds. The van der Waals surface area contributed by atoms with Crippen LogP contribution in [0, 0.1) is 0 Å². The summed E-state index contributed by atoms with van der Waals surface area (Å²) in [6, 6.07) is 15.2. The minimum Gasteiger partial charge on any atom is -0.345 e. The van der Waals surface area contributed by atoms with Crippen molar-refractivity contribution in [3.8, 4) is 0 Å². The Morgan fingerprint density at radius 1 is 1.20 bits per heavy atom. The third kappa shape index (κ3) is 4.85. The van der Waals surface area contributed by atoms with Crippen molar-refractivity contribution in [2.45, 2.75) is 22.5 Å². The van der Waals surface area contributed by atoms with Crippen LogP contribution >= 0.6 is 23.5 Å². The highest BCUT2D eigenvalue weighted by Crippen LogP contribution is 2.35. The third-order valence-corrected chi connectivity index (χ3v) is 6.85. The fourth-order valence-corrected chi connectivity index (χ4v) is 4.98. The van der Waals surface area contributed by atoms with Gasteiger partial charge in [0.1, 0.15) is 6.33 Å². The van der Waals surface area contributed by atoms with Crippen LogP contribution in [-0.4, -0.2) is 38.1 Å². The molecule has 30 heavy (non-hydrogen) atoms. The molecule has 9 heteroatoms. The zero-order valence-corrected chi connectivity index (χ0v) is 18.0. The summed E-state index contributed by atoms with van der Waals surface area (Å²) in [5.41, 5.74) is 2.39. The van der Waals surface area contributed by atoms with Gasteiger partial charge in [0.25, 0.3) is 5.91 Å². The van der Waals surface area contributed by atoms with Crippen molar-refractivity contribution in [2.24, 2.45) is 7.05 Å². The van der Waals surface area contributed by atoms with Gasteiger partial charge in [0.05, 0.1) is 11.8 Å². The first kappa shape index (κ1) is 20.5. The molecule has 0 radical (unpaired) electrons. The van der Waals surface area contributed by atoms with Crippen LogP contribution in [0.25, 0.3) is 0 Å². The number of fused-ring (bicyclic) bond motifs is 1. The molecule has 2 heterocycles. The standard InChI is InChI=1S/C21H21N5O2S2/c1-26-13-22-25-21(26)30-12-19(27)23-15-8-6-14(7-9-15)20(28)24-17-10-11-29-18-5-3-2-4-16(17)18/h2-9,13,17H,10-12H2,1H3,(H,23,27)(H,24,28). The van der Waals surface area contributed by atoms with Gasteiger partial charge in [-0.3, -0.25) is 9.59 Å². The van der Waals surface area contributed by atoms with Crippen LogP contribution in [-0.2, 0) is 11.8 Å². The molecule has 7 nitrogen and oxygen atoms in total. The van der Waals surface area contributed by atoms with Crippen LogP contribution in [0.15, 0.2) is 64.9 Å². The molecule has 2 aromatic carbocycles. The SMILES string of the molecule is Cn1cnnc1SCC(=O)Nc1ccc(C(=O)NC2CCSc3ccccc32)cc1. The van der Waals surface area contributed by atoms with E-state index in [-0.39, 0.29) is 23.6 Å². The van der Waals surface area contributed by atoms with E-state index < -0.39 is 0 Å². The number of aromatic nitrogens is 3. The zero-order chi connectivity index (χ0) is 20.9. The molecule has 0 bridgehead atoms. The van der Waals surface area contributed by atoms with E-state index in [1.54, 1.807) is 35.2 Å². The maximum Gasteiger partial charge on any atom is 0.251 e. The Balaban J connectivity index is 1.32. The Bertz CT molecular complexity index is 1050. The summed E-state index contributed by atoms with van der Waals surface area (Å²) >= 11 is 3.14. The number of thioether (sulfide) groups is 2. The number of nitrogens with zero attached hydrogens (tertiary/aromatic N) is 3. The summed E-state index contributed by atoms with van der Waals surface area (Å²) in [7, 11) is 1.83. The summed E-state index contributed by atoms with van der Waals surface area (Å²) < 4.78 is 1.76. The first-order chi connectivity index (χ1) is 14.6. The van der Waals surface area contributed by atoms with Crippen molar-refractivity contribution in [3.63, 3.8) is 0 Å². The lowest BCUT2D eigenvalue weighted by molar-refractivity contribution is -0.113. The van der Waals surface area contributed by atoms with E-state index in [9.17, 15) is 9.59 Å². The molecule has 1 atom stereocenters. The predicted octanol–water partition coefficient (Wildman–Crippen LogP) is 3.51. The first-order valence-electron chi connectivity index (χ1n) is 9.49. The van der Waals surface area contributed by atoms with Crippen molar-refractivity contribution in [2.75, 3.05) is 16.8 Å². The molecular formula is C21H21N5O2S2. The van der Waals surface area contributed by atoms with Gasteiger partial charge in [0.15, 0.2) is 5.16 Å². The largest absolute Gasteiger partial charge is 0.345 e. The highest BCUT2D eigenvalue weighted by Gasteiger charge is 2.22. The van der Waals surface area contributed by atoms with E-state index >= 15 is 0 Å². The summed E-state index contributed by atoms with van der Waals surface area (Å²) in [6.07, 6.45) is 2.50. The van der Waals surface area contributed by atoms with Gasteiger partial charge in [-0.2, -0.15) is 0 Å². The van der Waals surface area contributed by atoms with Gasteiger partial charge in [0, 0.05) is 28.9 Å². The molecule has 4 rings (SSSR count). The minimum absolute atomic E-state index is 0.0203. The number of hydrogen-bond donors (Lipinski definition) is 2. The predicted molar refractivity (Wildman–Crippen MR) is 119 cm³/mol. The van der Waals surface area contributed by atoms with Crippen LogP contribution in [0.1, 0.15) is 28.4 Å². The summed E-state index contributed by atoms with van der Waals surface area (Å²) in [6.45, 7) is 0. The summed E-state index contributed by atoms with van der Waals surface area (Å²) in [4.78, 5) is 26.1. The zero-order valence-electron chi connectivity index (χ0n) is 16.4. The number of amides is 2. The number of carbonyl (C=O) groups excluding carboxylic acids is 2. The lowest BCUT2D eigenvalue weighted by Crippen LogP contribution is -2.30. The van der Waals surface area contributed by atoms with Crippen molar-refractivity contribution in [1.82, 2.24) is 20.1 Å². The van der Waals surface area contributed by atoms with E-state index in [1.807, 2.05) is 30.9 Å². The Labute approximate surface area is 183 Å². The Kier molecular flexibility index (Phi) is 6.39. The molecule has 0 spiro atoms. The molecule has 0 aliphatic carbocycles. The van der Waals surface area contributed by atoms with Gasteiger partial charge in [0.2, 0.25) is 5.91 Å². The van der Waals surface area contributed by atoms with Gasteiger partial charge >= 0.3 is 0 Å². The average Bonchev–Trinajstić information content (AvgIpc) is 3.18. The van der Waals surface area contributed by atoms with Gasteiger partial charge in [-0.25, -0.2) is 0 Å². The molecular weight excluding hydrogens is 418 g/mol. The van der Waals surface area contributed by atoms with Crippen molar-refractivity contribution < 1.29 is 9.59 Å². The van der Waals surface area contributed by atoms with E-state index in [0.717, 1.165) is 12.2 Å². The molecule has 1 aliphatic heterocycles. The highest BCUT2D eigenvalue weighted by atomic mass is 32.2. The second kappa shape index (κ2) is 9.36. The van der Waals surface area contributed by atoms with Crippen LogP contribution < -0.4 is 10.6 Å². The number of nitrogens with one attached hydrogen (secondary N) is 2. The molecule has 0 saturated carbocycles. The Hall–Kier alpha value is -2.78. The van der Waals surface area contributed by atoms with Gasteiger partial charge in [-0.1, -0.05) is 30.0 Å². The molecule has 0 fully saturated rings. The molecule has 3 aromatic rings. The fraction of sp³-hybridized carbons (Fsp3) is 0.238. The van der Waals surface area contributed by atoms with Crippen molar-refractivity contribution >= 4 is 41.0 Å². The molecule has 2 N–H and O–H groups in total.